The molecule has 8 heteroatoms. The van der Waals surface area contributed by atoms with Gasteiger partial charge in [-0.2, -0.15) is 0 Å². The lowest BCUT2D eigenvalue weighted by molar-refractivity contribution is 0.720. The predicted octanol–water partition coefficient (Wildman–Crippen LogP) is 2.52. The molecule has 21 heavy (non-hydrogen) atoms. The van der Waals surface area contributed by atoms with E-state index in [2.05, 4.69) is 30.9 Å². The average Bonchev–Trinajstić information content (AvgIpc) is 2.87. The molecule has 0 bridgehead atoms. The number of aryl methyl sites for hydroxylation is 1. The first-order chi connectivity index (χ1) is 10.0. The van der Waals surface area contributed by atoms with Crippen molar-refractivity contribution in [3.8, 4) is 11.4 Å². The zero-order chi connectivity index (χ0) is 15.1. The van der Waals surface area contributed by atoms with Gasteiger partial charge in [-0.1, -0.05) is 27.5 Å². The molecule has 0 saturated carbocycles. The van der Waals surface area contributed by atoms with Gasteiger partial charge in [0.05, 0.1) is 5.02 Å². The first-order valence-electron chi connectivity index (χ1n) is 6.19. The summed E-state index contributed by atoms with van der Waals surface area (Å²) in [7, 11) is 0. The SMILES string of the molecule is CCn1c(=O)[nH]c(=O)c2[nH]c(-c3cc(Br)ccc3Cl)nc21. The van der Waals surface area contributed by atoms with Crippen molar-refractivity contribution in [2.24, 2.45) is 0 Å². The average molecular weight is 370 g/mol. The number of imidazole rings is 1. The third-order valence-electron chi connectivity index (χ3n) is 3.13. The van der Waals surface area contributed by atoms with Gasteiger partial charge in [-0.25, -0.2) is 9.78 Å². The van der Waals surface area contributed by atoms with Gasteiger partial charge in [-0.05, 0) is 25.1 Å². The number of nitrogens with zero attached hydrogens (tertiary/aromatic N) is 2. The van der Waals surface area contributed by atoms with Gasteiger partial charge in [0.15, 0.2) is 5.65 Å². The van der Waals surface area contributed by atoms with Crippen LogP contribution in [0.25, 0.3) is 22.6 Å². The highest BCUT2D eigenvalue weighted by atomic mass is 79.9. The number of fused-ring (bicyclic) bond motifs is 1. The maximum Gasteiger partial charge on any atom is 0.330 e. The van der Waals surface area contributed by atoms with Crippen LogP contribution in [-0.2, 0) is 6.54 Å². The smallest absolute Gasteiger partial charge is 0.330 e. The molecule has 0 aliphatic carbocycles. The highest BCUT2D eigenvalue weighted by molar-refractivity contribution is 9.10. The Labute approximate surface area is 131 Å². The fourth-order valence-electron chi connectivity index (χ4n) is 2.14. The molecule has 0 unspecified atom stereocenters. The van der Waals surface area contributed by atoms with Crippen LogP contribution >= 0.6 is 27.5 Å². The van der Waals surface area contributed by atoms with E-state index in [9.17, 15) is 9.59 Å². The van der Waals surface area contributed by atoms with Crippen molar-refractivity contribution in [2.75, 3.05) is 0 Å². The van der Waals surface area contributed by atoms with Crippen LogP contribution in [0.1, 0.15) is 6.92 Å². The largest absolute Gasteiger partial charge is 0.332 e. The first kappa shape index (κ1) is 14.1. The number of rotatable bonds is 2. The lowest BCUT2D eigenvalue weighted by Gasteiger charge is -2.01. The van der Waals surface area contributed by atoms with E-state index in [1.54, 1.807) is 19.1 Å². The Balaban J connectivity index is 2.36. The second-order valence-electron chi connectivity index (χ2n) is 4.41. The van der Waals surface area contributed by atoms with Crippen molar-refractivity contribution in [3.63, 3.8) is 0 Å². The second kappa shape index (κ2) is 5.16. The summed E-state index contributed by atoms with van der Waals surface area (Å²) in [5.41, 5.74) is 0.245. The molecular formula is C13H10BrClN4O2. The minimum atomic E-state index is -0.496. The molecule has 108 valence electrons. The number of nitrogens with one attached hydrogen (secondary N) is 2. The van der Waals surface area contributed by atoms with Gasteiger partial charge >= 0.3 is 5.69 Å². The molecule has 6 nitrogen and oxygen atoms in total. The summed E-state index contributed by atoms with van der Waals surface area (Å²) in [6.45, 7) is 2.21. The van der Waals surface area contributed by atoms with Crippen molar-refractivity contribution in [1.82, 2.24) is 19.5 Å². The van der Waals surface area contributed by atoms with Gasteiger partial charge in [0.25, 0.3) is 5.56 Å². The van der Waals surface area contributed by atoms with Crippen molar-refractivity contribution in [1.29, 1.82) is 0 Å². The van der Waals surface area contributed by atoms with Crippen molar-refractivity contribution >= 4 is 38.7 Å². The lowest BCUT2D eigenvalue weighted by atomic mass is 10.2. The van der Waals surface area contributed by atoms with Gasteiger partial charge in [0.1, 0.15) is 11.3 Å². The third kappa shape index (κ3) is 2.32. The Kier molecular flexibility index (Phi) is 3.46. The molecule has 2 N–H and O–H groups in total. The number of aromatic nitrogens is 4. The number of H-pyrrole nitrogens is 2. The van der Waals surface area contributed by atoms with Gasteiger partial charge in [0.2, 0.25) is 0 Å². The van der Waals surface area contributed by atoms with Gasteiger partial charge in [-0.15, -0.1) is 0 Å². The summed E-state index contributed by atoms with van der Waals surface area (Å²) in [5.74, 6) is 0.439. The second-order valence-corrected chi connectivity index (χ2v) is 5.73. The van der Waals surface area contributed by atoms with Gasteiger partial charge in [0, 0.05) is 16.6 Å². The van der Waals surface area contributed by atoms with Gasteiger partial charge < -0.3 is 4.98 Å². The first-order valence-corrected chi connectivity index (χ1v) is 7.36. The summed E-state index contributed by atoms with van der Waals surface area (Å²) in [6.07, 6.45) is 0. The summed E-state index contributed by atoms with van der Waals surface area (Å²) >= 11 is 9.54. The topological polar surface area (TPSA) is 83.5 Å². The predicted molar refractivity (Wildman–Crippen MR) is 84.8 cm³/mol. The monoisotopic (exact) mass is 368 g/mol. The summed E-state index contributed by atoms with van der Waals surface area (Å²) < 4.78 is 2.23. The fourth-order valence-corrected chi connectivity index (χ4v) is 2.71. The van der Waals surface area contributed by atoms with E-state index >= 15 is 0 Å². The minimum Gasteiger partial charge on any atom is -0.332 e. The Hall–Kier alpha value is -1.86. The highest BCUT2D eigenvalue weighted by Gasteiger charge is 2.15. The quantitative estimate of drug-likeness (QED) is 0.728. The molecule has 0 saturated heterocycles. The minimum absolute atomic E-state index is 0.252. The molecule has 1 aromatic carbocycles. The number of hydrogen-bond acceptors (Lipinski definition) is 3. The molecule has 2 heterocycles. The maximum atomic E-state index is 11.9. The van der Waals surface area contributed by atoms with Crippen LogP contribution in [-0.4, -0.2) is 19.5 Å². The third-order valence-corrected chi connectivity index (χ3v) is 3.96. The Bertz CT molecular complexity index is 957. The molecule has 0 amide bonds. The van der Waals surface area contributed by atoms with E-state index in [1.165, 1.54) is 4.57 Å². The molecule has 0 atom stereocenters. The van der Waals surface area contributed by atoms with E-state index < -0.39 is 11.2 Å². The lowest BCUT2D eigenvalue weighted by Crippen LogP contribution is -2.29. The van der Waals surface area contributed by atoms with Crippen molar-refractivity contribution < 1.29 is 0 Å². The zero-order valence-electron chi connectivity index (χ0n) is 10.9. The van der Waals surface area contributed by atoms with Crippen LogP contribution in [0.15, 0.2) is 32.3 Å². The van der Waals surface area contributed by atoms with Gasteiger partial charge in [-0.3, -0.25) is 14.3 Å². The van der Waals surface area contributed by atoms with E-state index in [4.69, 9.17) is 11.6 Å². The molecular weight excluding hydrogens is 360 g/mol. The maximum absolute atomic E-state index is 11.9. The number of hydrogen-bond donors (Lipinski definition) is 2. The van der Waals surface area contributed by atoms with Crippen LogP contribution < -0.4 is 11.2 Å². The molecule has 0 radical (unpaired) electrons. The van der Waals surface area contributed by atoms with Crippen molar-refractivity contribution in [3.05, 3.63) is 48.5 Å². The van der Waals surface area contributed by atoms with E-state index in [0.29, 0.717) is 28.6 Å². The van der Waals surface area contributed by atoms with E-state index in [1.807, 2.05) is 6.07 Å². The molecule has 0 spiro atoms. The number of aromatic amines is 2. The van der Waals surface area contributed by atoms with Crippen LogP contribution in [0.2, 0.25) is 5.02 Å². The van der Waals surface area contributed by atoms with E-state index in [0.717, 1.165) is 4.47 Å². The fraction of sp³-hybridized carbons (Fsp3) is 0.154. The van der Waals surface area contributed by atoms with Crippen LogP contribution in [0.5, 0.6) is 0 Å². The molecule has 2 aromatic heterocycles. The standard InChI is InChI=1S/C13H10BrClN4O2/c1-2-19-11-9(12(20)18-13(19)21)16-10(17-11)7-5-6(14)3-4-8(7)15/h3-5H,2H2,1H3,(H,16,17)(H,18,20,21). The number of halogens is 2. The Morgan fingerprint density at radius 3 is 2.81 bits per heavy atom. The Morgan fingerprint density at radius 1 is 1.33 bits per heavy atom. The molecule has 0 fully saturated rings. The number of benzene rings is 1. The molecule has 0 aliphatic heterocycles. The normalized spacial score (nSPS) is 11.2. The zero-order valence-corrected chi connectivity index (χ0v) is 13.2. The van der Waals surface area contributed by atoms with Crippen LogP contribution in [0.4, 0.5) is 0 Å². The summed E-state index contributed by atoms with van der Waals surface area (Å²) in [5, 5.41) is 0.499. The molecule has 3 aromatic rings. The molecule has 3 rings (SSSR count). The molecule has 0 aliphatic rings. The van der Waals surface area contributed by atoms with E-state index in [-0.39, 0.29) is 5.52 Å². The van der Waals surface area contributed by atoms with Crippen LogP contribution in [0.3, 0.4) is 0 Å². The van der Waals surface area contributed by atoms with Crippen LogP contribution in [0, 0.1) is 0 Å². The van der Waals surface area contributed by atoms with Crippen molar-refractivity contribution in [2.45, 2.75) is 13.5 Å². The highest BCUT2D eigenvalue weighted by Crippen LogP contribution is 2.29. The Morgan fingerprint density at radius 2 is 2.10 bits per heavy atom. The summed E-state index contributed by atoms with van der Waals surface area (Å²) in [4.78, 5) is 33.2. The summed E-state index contributed by atoms with van der Waals surface area (Å²) in [6, 6.07) is 5.33.